The molecule has 0 nitrogen and oxygen atoms in total. The molecule has 1 aromatic heterocycles. The van der Waals surface area contributed by atoms with E-state index in [1.54, 1.807) is 11.3 Å². The zero-order valence-corrected chi connectivity index (χ0v) is 7.18. The van der Waals surface area contributed by atoms with Crippen molar-refractivity contribution in [2.45, 2.75) is 5.88 Å². The first-order valence-corrected chi connectivity index (χ1v) is 4.27. The van der Waals surface area contributed by atoms with Gasteiger partial charge in [-0.15, -0.1) is 22.9 Å². The second-order valence-electron chi connectivity index (χ2n) is 1.34. The third-order valence-corrected chi connectivity index (χ3v) is 2.83. The van der Waals surface area contributed by atoms with Crippen LogP contribution in [0.5, 0.6) is 0 Å². The van der Waals surface area contributed by atoms with Crippen LogP contribution in [-0.4, -0.2) is 0 Å². The van der Waals surface area contributed by atoms with Crippen LogP contribution >= 0.6 is 38.9 Å². The van der Waals surface area contributed by atoms with Crippen molar-refractivity contribution in [1.29, 1.82) is 0 Å². The first-order chi connectivity index (χ1) is 3.83. The molecule has 0 spiro atoms. The minimum Gasteiger partial charge on any atom is -0.132 e. The summed E-state index contributed by atoms with van der Waals surface area (Å²) in [6.45, 7) is 0. The average molecular weight is 212 g/mol. The lowest BCUT2D eigenvalue weighted by Gasteiger charge is -1.77. The summed E-state index contributed by atoms with van der Waals surface area (Å²) in [4.78, 5) is 1.21. The molecule has 1 heterocycles. The number of alkyl halides is 1. The predicted molar refractivity (Wildman–Crippen MR) is 41.6 cm³/mol. The zero-order chi connectivity index (χ0) is 5.98. The van der Waals surface area contributed by atoms with Crippen molar-refractivity contribution in [3.05, 3.63) is 20.8 Å². The molecule has 0 unspecified atom stereocenters. The Balaban J connectivity index is 2.84. The van der Waals surface area contributed by atoms with Crippen LogP contribution in [0.1, 0.15) is 4.88 Å². The number of thiophene rings is 1. The van der Waals surface area contributed by atoms with Gasteiger partial charge < -0.3 is 0 Å². The number of rotatable bonds is 1. The molecule has 0 fully saturated rings. The molecule has 1 rings (SSSR count). The highest BCUT2D eigenvalue weighted by atomic mass is 79.9. The number of hydrogen-bond donors (Lipinski definition) is 0. The van der Waals surface area contributed by atoms with Gasteiger partial charge in [0.25, 0.3) is 0 Å². The SMILES string of the molecule is ClCc1ccc(Br)s1. The fourth-order valence-electron chi connectivity index (χ4n) is 0.424. The van der Waals surface area contributed by atoms with E-state index in [1.807, 2.05) is 12.1 Å². The normalized spacial score (nSPS) is 9.75. The molecule has 0 N–H and O–H groups in total. The van der Waals surface area contributed by atoms with Crippen LogP contribution in [0.25, 0.3) is 0 Å². The van der Waals surface area contributed by atoms with Crippen molar-refractivity contribution in [3.63, 3.8) is 0 Å². The van der Waals surface area contributed by atoms with Gasteiger partial charge in [-0.3, -0.25) is 0 Å². The smallest absolute Gasteiger partial charge is 0.0701 e. The van der Waals surface area contributed by atoms with E-state index in [-0.39, 0.29) is 0 Å². The standard InChI is InChI=1S/C5H4BrClS/c6-5-2-1-4(3-7)8-5/h1-2H,3H2. The van der Waals surface area contributed by atoms with Gasteiger partial charge in [-0.1, -0.05) is 0 Å². The Morgan fingerprint density at radius 2 is 2.38 bits per heavy atom. The van der Waals surface area contributed by atoms with Crippen LogP contribution in [-0.2, 0) is 5.88 Å². The van der Waals surface area contributed by atoms with Crippen LogP contribution in [0.3, 0.4) is 0 Å². The summed E-state index contributed by atoms with van der Waals surface area (Å²) in [5.41, 5.74) is 0. The Labute approximate surface area is 65.6 Å². The van der Waals surface area contributed by atoms with Crippen molar-refractivity contribution in [1.82, 2.24) is 0 Å². The Morgan fingerprint density at radius 1 is 1.62 bits per heavy atom. The summed E-state index contributed by atoms with van der Waals surface area (Å²) in [7, 11) is 0. The summed E-state index contributed by atoms with van der Waals surface area (Å²) in [6.07, 6.45) is 0. The third-order valence-electron chi connectivity index (χ3n) is 0.761. The van der Waals surface area contributed by atoms with Gasteiger partial charge in [0.05, 0.1) is 9.67 Å². The molecule has 8 heavy (non-hydrogen) atoms. The molecule has 0 bridgehead atoms. The summed E-state index contributed by atoms with van der Waals surface area (Å²) < 4.78 is 1.15. The maximum absolute atomic E-state index is 5.53. The summed E-state index contributed by atoms with van der Waals surface area (Å²) in [6, 6.07) is 4.02. The van der Waals surface area contributed by atoms with Gasteiger partial charge in [0.15, 0.2) is 0 Å². The predicted octanol–water partition coefficient (Wildman–Crippen LogP) is 3.25. The van der Waals surface area contributed by atoms with Gasteiger partial charge in [-0.05, 0) is 28.1 Å². The van der Waals surface area contributed by atoms with Crippen molar-refractivity contribution in [2.75, 3.05) is 0 Å². The molecule has 0 radical (unpaired) electrons. The largest absolute Gasteiger partial charge is 0.132 e. The molecule has 0 atom stereocenters. The summed E-state index contributed by atoms with van der Waals surface area (Å²) in [5.74, 6) is 0.621. The molecule has 0 aliphatic carbocycles. The van der Waals surface area contributed by atoms with Gasteiger partial charge in [-0.2, -0.15) is 0 Å². The number of halogens is 2. The maximum Gasteiger partial charge on any atom is 0.0701 e. The first-order valence-electron chi connectivity index (χ1n) is 2.13. The van der Waals surface area contributed by atoms with Crippen LogP contribution in [0.4, 0.5) is 0 Å². The van der Waals surface area contributed by atoms with Crippen molar-refractivity contribution in [2.24, 2.45) is 0 Å². The van der Waals surface area contributed by atoms with Crippen LogP contribution in [0.15, 0.2) is 15.9 Å². The van der Waals surface area contributed by atoms with E-state index in [9.17, 15) is 0 Å². The Bertz CT molecular complexity index is 173. The van der Waals surface area contributed by atoms with Crippen molar-refractivity contribution >= 4 is 38.9 Å². The quantitative estimate of drug-likeness (QED) is 0.626. The summed E-state index contributed by atoms with van der Waals surface area (Å²) >= 11 is 10.5. The highest BCUT2D eigenvalue weighted by molar-refractivity contribution is 9.11. The van der Waals surface area contributed by atoms with Crippen LogP contribution in [0, 0.1) is 0 Å². The Kier molecular flexibility index (Phi) is 2.35. The molecule has 0 amide bonds. The molecule has 3 heteroatoms. The fraction of sp³-hybridized carbons (Fsp3) is 0.200. The maximum atomic E-state index is 5.53. The molecule has 0 aliphatic rings. The minimum absolute atomic E-state index is 0.621. The van der Waals surface area contributed by atoms with E-state index in [1.165, 1.54) is 4.88 Å². The Hall–Kier alpha value is 0.470. The highest BCUT2D eigenvalue weighted by Crippen LogP contribution is 2.22. The number of hydrogen-bond acceptors (Lipinski definition) is 1. The monoisotopic (exact) mass is 210 g/mol. The summed E-state index contributed by atoms with van der Waals surface area (Å²) in [5, 5.41) is 0. The highest BCUT2D eigenvalue weighted by Gasteiger charge is 1.92. The van der Waals surface area contributed by atoms with E-state index in [4.69, 9.17) is 11.6 Å². The molecule has 0 aliphatic heterocycles. The van der Waals surface area contributed by atoms with E-state index >= 15 is 0 Å². The molecular formula is C5H4BrClS. The lowest BCUT2D eigenvalue weighted by molar-refractivity contribution is 1.53. The molecule has 1 aromatic rings. The van der Waals surface area contributed by atoms with E-state index in [0.29, 0.717) is 5.88 Å². The third kappa shape index (κ3) is 1.47. The first kappa shape index (κ1) is 6.59. The van der Waals surface area contributed by atoms with Gasteiger partial charge in [0, 0.05) is 4.88 Å². The molecule has 0 saturated heterocycles. The molecule has 0 aromatic carbocycles. The second kappa shape index (κ2) is 2.85. The fourth-order valence-corrected chi connectivity index (χ4v) is 2.01. The topological polar surface area (TPSA) is 0 Å². The average Bonchev–Trinajstić information content (AvgIpc) is 2.14. The molecule has 44 valence electrons. The van der Waals surface area contributed by atoms with Gasteiger partial charge >= 0.3 is 0 Å². The zero-order valence-electron chi connectivity index (χ0n) is 4.03. The minimum atomic E-state index is 0.621. The lowest BCUT2D eigenvalue weighted by atomic mass is 10.5. The van der Waals surface area contributed by atoms with E-state index in [2.05, 4.69) is 15.9 Å². The van der Waals surface area contributed by atoms with Crippen LogP contribution < -0.4 is 0 Å². The van der Waals surface area contributed by atoms with Crippen molar-refractivity contribution < 1.29 is 0 Å². The van der Waals surface area contributed by atoms with Crippen LogP contribution in [0.2, 0.25) is 0 Å². The van der Waals surface area contributed by atoms with E-state index in [0.717, 1.165) is 3.79 Å². The molecular weight excluding hydrogens is 207 g/mol. The lowest BCUT2D eigenvalue weighted by Crippen LogP contribution is -1.58. The van der Waals surface area contributed by atoms with Gasteiger partial charge in [-0.25, -0.2) is 0 Å². The van der Waals surface area contributed by atoms with Gasteiger partial charge in [0.1, 0.15) is 0 Å². The van der Waals surface area contributed by atoms with Gasteiger partial charge in [0.2, 0.25) is 0 Å². The Morgan fingerprint density at radius 3 is 2.62 bits per heavy atom. The van der Waals surface area contributed by atoms with Crippen molar-refractivity contribution in [3.8, 4) is 0 Å². The van der Waals surface area contributed by atoms with E-state index < -0.39 is 0 Å². The second-order valence-corrected chi connectivity index (χ2v) is 4.15. The molecule has 0 saturated carbocycles.